The Hall–Kier alpha value is -1.26. The van der Waals surface area contributed by atoms with Crippen LogP contribution in [-0.2, 0) is 5.60 Å². The van der Waals surface area contributed by atoms with Crippen LogP contribution in [0.4, 0.5) is 5.69 Å². The molecule has 5 N–H and O–H groups in total. The molecule has 1 saturated heterocycles. The Balaban J connectivity index is 2.31. The van der Waals surface area contributed by atoms with E-state index in [1.54, 1.807) is 12.1 Å². The molecule has 0 bridgehead atoms. The summed E-state index contributed by atoms with van der Waals surface area (Å²) in [5.74, 6) is 0.0612. The predicted molar refractivity (Wildman–Crippen MR) is 58.5 cm³/mol. The minimum absolute atomic E-state index is 0.0612. The van der Waals surface area contributed by atoms with Gasteiger partial charge in [-0.3, -0.25) is 0 Å². The highest BCUT2D eigenvalue weighted by molar-refractivity contribution is 5.54. The van der Waals surface area contributed by atoms with Gasteiger partial charge in [-0.05, 0) is 37.1 Å². The van der Waals surface area contributed by atoms with Crippen LogP contribution in [0.1, 0.15) is 18.4 Å². The fraction of sp³-hybridized carbons (Fsp3) is 0.455. The molecule has 0 saturated carbocycles. The lowest BCUT2D eigenvalue weighted by molar-refractivity contribution is 0.0123. The van der Waals surface area contributed by atoms with Crippen molar-refractivity contribution in [3.8, 4) is 5.75 Å². The highest BCUT2D eigenvalue weighted by atomic mass is 16.3. The fourth-order valence-electron chi connectivity index (χ4n) is 1.98. The molecule has 0 radical (unpaired) electrons. The zero-order chi connectivity index (χ0) is 10.9. The first kappa shape index (κ1) is 10.3. The molecule has 0 aliphatic carbocycles. The molecular weight excluding hydrogens is 192 g/mol. The van der Waals surface area contributed by atoms with Crippen molar-refractivity contribution in [2.45, 2.75) is 18.4 Å². The zero-order valence-electron chi connectivity index (χ0n) is 8.53. The van der Waals surface area contributed by atoms with Crippen LogP contribution in [-0.4, -0.2) is 23.3 Å². The van der Waals surface area contributed by atoms with Crippen molar-refractivity contribution in [2.75, 3.05) is 18.8 Å². The van der Waals surface area contributed by atoms with Crippen molar-refractivity contribution in [2.24, 2.45) is 0 Å². The van der Waals surface area contributed by atoms with Crippen LogP contribution in [0.15, 0.2) is 18.2 Å². The van der Waals surface area contributed by atoms with E-state index in [9.17, 15) is 10.2 Å². The van der Waals surface area contributed by atoms with Gasteiger partial charge in [0.2, 0.25) is 0 Å². The van der Waals surface area contributed by atoms with Gasteiger partial charge in [-0.15, -0.1) is 0 Å². The van der Waals surface area contributed by atoms with Gasteiger partial charge < -0.3 is 21.3 Å². The standard InChI is InChI=1S/C11H16N2O2/c12-9-6-8(2-3-10(9)14)11(15)4-1-5-13-7-11/h2-3,6,13-15H,1,4-5,7,12H2. The van der Waals surface area contributed by atoms with E-state index in [0.717, 1.165) is 24.9 Å². The lowest BCUT2D eigenvalue weighted by Gasteiger charge is -2.33. The second kappa shape index (κ2) is 3.72. The van der Waals surface area contributed by atoms with Gasteiger partial charge in [0.1, 0.15) is 11.4 Å². The number of phenolic OH excluding ortho intramolecular Hbond substituents is 1. The zero-order valence-corrected chi connectivity index (χ0v) is 8.53. The number of nitrogens with one attached hydrogen (secondary N) is 1. The molecule has 1 aromatic rings. The molecule has 1 heterocycles. The molecule has 1 fully saturated rings. The number of nitrogens with two attached hydrogens (primary N) is 1. The summed E-state index contributed by atoms with van der Waals surface area (Å²) >= 11 is 0. The van der Waals surface area contributed by atoms with E-state index < -0.39 is 5.60 Å². The maximum Gasteiger partial charge on any atom is 0.138 e. The van der Waals surface area contributed by atoms with E-state index >= 15 is 0 Å². The minimum Gasteiger partial charge on any atom is -0.506 e. The molecule has 0 amide bonds. The minimum atomic E-state index is -0.847. The molecule has 15 heavy (non-hydrogen) atoms. The molecule has 4 nitrogen and oxygen atoms in total. The first-order valence-electron chi connectivity index (χ1n) is 5.14. The number of phenols is 1. The summed E-state index contributed by atoms with van der Waals surface area (Å²) in [6, 6.07) is 4.89. The highest BCUT2D eigenvalue weighted by Crippen LogP contribution is 2.32. The van der Waals surface area contributed by atoms with E-state index in [4.69, 9.17) is 5.73 Å². The van der Waals surface area contributed by atoms with Crippen molar-refractivity contribution in [1.82, 2.24) is 5.32 Å². The highest BCUT2D eigenvalue weighted by Gasteiger charge is 2.31. The molecule has 1 aromatic carbocycles. The molecule has 0 spiro atoms. The summed E-state index contributed by atoms with van der Waals surface area (Å²) in [6.45, 7) is 1.48. The third-order valence-corrected chi connectivity index (χ3v) is 2.93. The molecule has 0 aromatic heterocycles. The second-order valence-corrected chi connectivity index (χ2v) is 4.09. The monoisotopic (exact) mass is 208 g/mol. The van der Waals surface area contributed by atoms with Crippen molar-refractivity contribution in [3.63, 3.8) is 0 Å². The lowest BCUT2D eigenvalue weighted by Crippen LogP contribution is -2.43. The number of aromatic hydroxyl groups is 1. The maximum atomic E-state index is 10.4. The fourth-order valence-corrected chi connectivity index (χ4v) is 1.98. The number of nitrogen functional groups attached to an aromatic ring is 1. The van der Waals surface area contributed by atoms with E-state index in [0.29, 0.717) is 12.2 Å². The SMILES string of the molecule is Nc1cc(C2(O)CCCNC2)ccc1O. The Labute approximate surface area is 88.7 Å². The molecule has 1 unspecified atom stereocenters. The van der Waals surface area contributed by atoms with Crippen LogP contribution < -0.4 is 11.1 Å². The van der Waals surface area contributed by atoms with Crippen LogP contribution in [0.2, 0.25) is 0 Å². The van der Waals surface area contributed by atoms with E-state index in [1.165, 1.54) is 6.07 Å². The topological polar surface area (TPSA) is 78.5 Å². The number of β-amino-alcohol motifs (C(OH)–C–C–N with tert-alkyl or cyclic N) is 1. The largest absolute Gasteiger partial charge is 0.506 e. The first-order chi connectivity index (χ1) is 7.12. The van der Waals surface area contributed by atoms with Crippen LogP contribution in [0.5, 0.6) is 5.75 Å². The molecule has 82 valence electrons. The number of benzene rings is 1. The van der Waals surface area contributed by atoms with Gasteiger partial charge in [-0.1, -0.05) is 6.07 Å². The smallest absolute Gasteiger partial charge is 0.138 e. The Morgan fingerprint density at radius 1 is 1.40 bits per heavy atom. The number of hydrogen-bond donors (Lipinski definition) is 4. The van der Waals surface area contributed by atoms with Gasteiger partial charge in [-0.2, -0.15) is 0 Å². The molecule has 1 atom stereocenters. The number of piperidine rings is 1. The lowest BCUT2D eigenvalue weighted by atomic mass is 9.86. The van der Waals surface area contributed by atoms with Crippen molar-refractivity contribution >= 4 is 5.69 Å². The summed E-state index contributed by atoms with van der Waals surface area (Å²) in [6.07, 6.45) is 1.67. The number of aliphatic hydroxyl groups is 1. The Kier molecular flexibility index (Phi) is 2.54. The second-order valence-electron chi connectivity index (χ2n) is 4.09. The van der Waals surface area contributed by atoms with E-state index in [-0.39, 0.29) is 5.75 Å². The average molecular weight is 208 g/mol. The Morgan fingerprint density at radius 3 is 2.80 bits per heavy atom. The summed E-state index contributed by atoms with van der Waals surface area (Å²) in [4.78, 5) is 0. The van der Waals surface area contributed by atoms with Gasteiger partial charge in [0.15, 0.2) is 0 Å². The molecule has 1 aliphatic heterocycles. The van der Waals surface area contributed by atoms with Crippen molar-refractivity contribution in [3.05, 3.63) is 23.8 Å². The summed E-state index contributed by atoms with van der Waals surface area (Å²) in [7, 11) is 0. The molecule has 1 aliphatic rings. The third kappa shape index (κ3) is 1.91. The van der Waals surface area contributed by atoms with Crippen LogP contribution >= 0.6 is 0 Å². The van der Waals surface area contributed by atoms with Gasteiger partial charge in [-0.25, -0.2) is 0 Å². The number of hydrogen-bond acceptors (Lipinski definition) is 4. The summed E-state index contributed by atoms with van der Waals surface area (Å²) < 4.78 is 0. The normalized spacial score (nSPS) is 26.5. The van der Waals surface area contributed by atoms with Gasteiger partial charge in [0.05, 0.1) is 5.69 Å². The summed E-state index contributed by atoms with van der Waals surface area (Å²) in [5.41, 5.74) is 5.84. The maximum absolute atomic E-state index is 10.4. The quantitative estimate of drug-likeness (QED) is 0.401. The van der Waals surface area contributed by atoms with Crippen molar-refractivity contribution < 1.29 is 10.2 Å². The molecule has 4 heteroatoms. The first-order valence-corrected chi connectivity index (χ1v) is 5.14. The molecule has 2 rings (SSSR count). The Morgan fingerprint density at radius 2 is 2.20 bits per heavy atom. The van der Waals surface area contributed by atoms with E-state index in [1.807, 2.05) is 0 Å². The predicted octanol–water partition coefficient (Wildman–Crippen LogP) is 0.545. The van der Waals surface area contributed by atoms with Crippen LogP contribution in [0.3, 0.4) is 0 Å². The number of rotatable bonds is 1. The van der Waals surface area contributed by atoms with Crippen molar-refractivity contribution in [1.29, 1.82) is 0 Å². The van der Waals surface area contributed by atoms with Gasteiger partial charge >= 0.3 is 0 Å². The average Bonchev–Trinajstić information content (AvgIpc) is 2.23. The number of anilines is 1. The Bertz CT molecular complexity index is 360. The summed E-state index contributed by atoms with van der Waals surface area (Å²) in [5, 5.41) is 22.8. The van der Waals surface area contributed by atoms with E-state index in [2.05, 4.69) is 5.32 Å². The molecular formula is C11H16N2O2. The van der Waals surface area contributed by atoms with Gasteiger partial charge in [0, 0.05) is 6.54 Å². The third-order valence-electron chi connectivity index (χ3n) is 2.93. The van der Waals surface area contributed by atoms with Crippen LogP contribution in [0.25, 0.3) is 0 Å². The van der Waals surface area contributed by atoms with Crippen LogP contribution in [0, 0.1) is 0 Å². The van der Waals surface area contributed by atoms with Gasteiger partial charge in [0.25, 0.3) is 0 Å².